The highest BCUT2D eigenvalue weighted by Gasteiger charge is 2.45. The first-order valence-corrected chi connectivity index (χ1v) is 10.3. The number of allylic oxidation sites excluding steroid dienone is 2. The smallest absolute Gasteiger partial charge is 0.234 e. The Labute approximate surface area is 180 Å². The Morgan fingerprint density at radius 1 is 1.06 bits per heavy atom. The highest BCUT2D eigenvalue weighted by atomic mass is 19.1. The Morgan fingerprint density at radius 3 is 2.45 bits per heavy atom. The summed E-state index contributed by atoms with van der Waals surface area (Å²) in [6.45, 7) is 5.81. The van der Waals surface area contributed by atoms with Gasteiger partial charge in [-0.15, -0.1) is 0 Å². The standard InChI is InChI=1S/C25H24F2N2O2/c1-14-21(24(31)29-18-6-4-5-17(27)11-18)22(15-7-9-16(26)10-8-15)23-19(28-14)12-25(2,3)13-20(23)30/h4-11,21-22H,12-13H2,1-3H3,(H,29,31)/t21?,22-/m1/s1. The lowest BCUT2D eigenvalue weighted by Crippen LogP contribution is -2.41. The molecule has 1 unspecified atom stereocenters. The van der Waals surface area contributed by atoms with Crippen molar-refractivity contribution < 1.29 is 18.4 Å². The first-order valence-electron chi connectivity index (χ1n) is 10.3. The molecule has 0 aromatic heterocycles. The van der Waals surface area contributed by atoms with E-state index in [2.05, 4.69) is 10.3 Å². The number of hydrogen-bond donors (Lipinski definition) is 1. The van der Waals surface area contributed by atoms with Crippen LogP contribution in [0.5, 0.6) is 0 Å². The van der Waals surface area contributed by atoms with Crippen LogP contribution in [-0.2, 0) is 9.59 Å². The van der Waals surface area contributed by atoms with Crippen molar-refractivity contribution in [1.82, 2.24) is 0 Å². The van der Waals surface area contributed by atoms with E-state index < -0.39 is 23.5 Å². The fourth-order valence-electron chi connectivity index (χ4n) is 4.60. The van der Waals surface area contributed by atoms with E-state index in [1.807, 2.05) is 13.8 Å². The lowest BCUT2D eigenvalue weighted by atomic mass is 9.66. The van der Waals surface area contributed by atoms with Gasteiger partial charge in [-0.25, -0.2) is 8.78 Å². The normalized spacial score (nSPS) is 22.6. The number of ketones is 1. The van der Waals surface area contributed by atoms with Crippen LogP contribution in [0.2, 0.25) is 0 Å². The van der Waals surface area contributed by atoms with Crippen molar-refractivity contribution in [3.63, 3.8) is 0 Å². The SMILES string of the molecule is CC1=NC2=C(C(=O)CC(C)(C)C2)[C@H](c2ccc(F)cc2)C1C(=O)Nc1cccc(F)c1. The van der Waals surface area contributed by atoms with Gasteiger partial charge in [0.25, 0.3) is 0 Å². The number of nitrogens with one attached hydrogen (secondary N) is 1. The van der Waals surface area contributed by atoms with Crippen LogP contribution >= 0.6 is 0 Å². The number of benzene rings is 2. The molecule has 160 valence electrons. The number of carbonyl (C=O) groups excluding carboxylic acids is 2. The number of hydrogen-bond acceptors (Lipinski definition) is 3. The lowest BCUT2D eigenvalue weighted by Gasteiger charge is -2.39. The van der Waals surface area contributed by atoms with Gasteiger partial charge in [-0.2, -0.15) is 0 Å². The second kappa shape index (κ2) is 7.84. The van der Waals surface area contributed by atoms with Gasteiger partial charge in [-0.05, 0) is 54.7 Å². The van der Waals surface area contributed by atoms with E-state index in [0.29, 0.717) is 41.1 Å². The monoisotopic (exact) mass is 422 g/mol. The van der Waals surface area contributed by atoms with Gasteiger partial charge in [0, 0.05) is 35.0 Å². The molecule has 0 fully saturated rings. The van der Waals surface area contributed by atoms with Crippen molar-refractivity contribution in [2.45, 2.75) is 39.5 Å². The highest BCUT2D eigenvalue weighted by Crippen LogP contribution is 2.47. The maximum atomic E-state index is 13.6. The summed E-state index contributed by atoms with van der Waals surface area (Å²) in [6, 6.07) is 11.5. The Kier molecular flexibility index (Phi) is 5.33. The number of carbonyl (C=O) groups is 2. The average molecular weight is 422 g/mol. The largest absolute Gasteiger partial charge is 0.325 e. The molecular weight excluding hydrogens is 398 g/mol. The van der Waals surface area contributed by atoms with Crippen LogP contribution in [0.3, 0.4) is 0 Å². The fraction of sp³-hybridized carbons (Fsp3) is 0.320. The van der Waals surface area contributed by atoms with E-state index in [-0.39, 0.29) is 17.1 Å². The Bertz CT molecular complexity index is 1120. The number of amides is 1. The molecule has 0 saturated carbocycles. The maximum absolute atomic E-state index is 13.6. The second-order valence-corrected chi connectivity index (χ2v) is 9.06. The predicted octanol–water partition coefficient (Wildman–Crippen LogP) is 5.42. The Morgan fingerprint density at radius 2 is 1.77 bits per heavy atom. The molecule has 1 amide bonds. The zero-order valence-electron chi connectivity index (χ0n) is 17.7. The number of rotatable bonds is 3. The minimum absolute atomic E-state index is 0.0413. The third-order valence-corrected chi connectivity index (χ3v) is 5.91. The summed E-state index contributed by atoms with van der Waals surface area (Å²) in [7, 11) is 0. The first-order chi connectivity index (χ1) is 14.6. The lowest BCUT2D eigenvalue weighted by molar-refractivity contribution is -0.119. The van der Waals surface area contributed by atoms with Crippen LogP contribution in [0.4, 0.5) is 14.5 Å². The van der Waals surface area contributed by atoms with E-state index in [1.165, 1.54) is 30.3 Å². The van der Waals surface area contributed by atoms with Crippen LogP contribution < -0.4 is 5.32 Å². The van der Waals surface area contributed by atoms with Crippen LogP contribution in [0.1, 0.15) is 45.1 Å². The number of halogens is 2. The van der Waals surface area contributed by atoms with E-state index in [4.69, 9.17) is 0 Å². The molecule has 6 heteroatoms. The maximum Gasteiger partial charge on any atom is 0.234 e. The van der Waals surface area contributed by atoms with Crippen molar-refractivity contribution >= 4 is 23.1 Å². The Hall–Kier alpha value is -3.15. The summed E-state index contributed by atoms with van der Waals surface area (Å²) in [5.41, 5.74) is 2.58. The predicted molar refractivity (Wildman–Crippen MR) is 116 cm³/mol. The van der Waals surface area contributed by atoms with Gasteiger partial charge in [0.1, 0.15) is 11.6 Å². The molecule has 2 aromatic rings. The Balaban J connectivity index is 1.79. The van der Waals surface area contributed by atoms with Crippen LogP contribution in [0.25, 0.3) is 0 Å². The molecule has 4 nitrogen and oxygen atoms in total. The van der Waals surface area contributed by atoms with Crippen molar-refractivity contribution in [2.24, 2.45) is 16.3 Å². The third-order valence-electron chi connectivity index (χ3n) is 5.91. The van der Waals surface area contributed by atoms with E-state index in [1.54, 1.807) is 25.1 Å². The number of aliphatic imine (C=N–C) groups is 1. The molecule has 2 aliphatic rings. The quantitative estimate of drug-likeness (QED) is 0.718. The molecule has 4 rings (SSSR count). The van der Waals surface area contributed by atoms with Gasteiger partial charge in [0.2, 0.25) is 5.91 Å². The number of Topliss-reactive ketones (excluding diaryl/α,β-unsaturated/α-hetero) is 1. The molecule has 2 atom stereocenters. The van der Waals surface area contributed by atoms with Crippen LogP contribution in [0.15, 0.2) is 64.8 Å². The van der Waals surface area contributed by atoms with Crippen molar-refractivity contribution in [2.75, 3.05) is 5.32 Å². The molecule has 1 aliphatic heterocycles. The van der Waals surface area contributed by atoms with Gasteiger partial charge in [0.15, 0.2) is 5.78 Å². The zero-order chi connectivity index (χ0) is 22.3. The number of nitrogens with zero attached hydrogens (tertiary/aromatic N) is 1. The van der Waals surface area contributed by atoms with Crippen molar-refractivity contribution in [3.8, 4) is 0 Å². The summed E-state index contributed by atoms with van der Waals surface area (Å²) in [5, 5.41) is 2.75. The molecule has 0 spiro atoms. The van der Waals surface area contributed by atoms with Crippen LogP contribution in [-0.4, -0.2) is 17.4 Å². The topological polar surface area (TPSA) is 58.5 Å². The zero-order valence-corrected chi connectivity index (χ0v) is 17.7. The van der Waals surface area contributed by atoms with Gasteiger partial charge < -0.3 is 5.32 Å². The molecule has 0 saturated heterocycles. The van der Waals surface area contributed by atoms with Gasteiger partial charge in [-0.3, -0.25) is 14.6 Å². The molecule has 1 heterocycles. The van der Waals surface area contributed by atoms with Gasteiger partial charge in [-0.1, -0.05) is 32.0 Å². The minimum atomic E-state index is -0.766. The first kappa shape index (κ1) is 21.1. The summed E-state index contributed by atoms with van der Waals surface area (Å²) in [4.78, 5) is 31.2. The molecular formula is C25H24F2N2O2. The summed E-state index contributed by atoms with van der Waals surface area (Å²) < 4.78 is 27.2. The molecule has 1 N–H and O–H groups in total. The van der Waals surface area contributed by atoms with E-state index >= 15 is 0 Å². The summed E-state index contributed by atoms with van der Waals surface area (Å²) in [6.07, 6.45) is 0.984. The number of anilines is 1. The van der Waals surface area contributed by atoms with Crippen molar-refractivity contribution in [1.29, 1.82) is 0 Å². The second-order valence-electron chi connectivity index (χ2n) is 9.06. The van der Waals surface area contributed by atoms with Crippen molar-refractivity contribution in [3.05, 3.63) is 77.0 Å². The molecule has 0 bridgehead atoms. The molecule has 31 heavy (non-hydrogen) atoms. The van der Waals surface area contributed by atoms with E-state index in [0.717, 1.165) is 0 Å². The average Bonchev–Trinajstić information content (AvgIpc) is 2.66. The van der Waals surface area contributed by atoms with E-state index in [9.17, 15) is 18.4 Å². The highest BCUT2D eigenvalue weighted by molar-refractivity contribution is 6.13. The summed E-state index contributed by atoms with van der Waals surface area (Å²) in [5.74, 6) is -2.62. The van der Waals surface area contributed by atoms with Gasteiger partial charge in [0.05, 0.1) is 5.92 Å². The molecule has 0 radical (unpaired) electrons. The molecule has 1 aliphatic carbocycles. The third kappa shape index (κ3) is 4.20. The summed E-state index contributed by atoms with van der Waals surface area (Å²) >= 11 is 0. The molecule has 2 aromatic carbocycles. The van der Waals surface area contributed by atoms with Crippen LogP contribution in [0, 0.1) is 23.0 Å². The van der Waals surface area contributed by atoms with Gasteiger partial charge >= 0.3 is 0 Å². The minimum Gasteiger partial charge on any atom is -0.325 e. The fourth-order valence-corrected chi connectivity index (χ4v) is 4.60.